The molecule has 0 saturated carbocycles. The van der Waals surface area contributed by atoms with Crippen molar-refractivity contribution in [2.24, 2.45) is 0 Å². The molecule has 0 aliphatic carbocycles. The minimum atomic E-state index is 0.548. The minimum absolute atomic E-state index is 0.548. The van der Waals surface area contributed by atoms with Gasteiger partial charge in [-0.05, 0) is 47.7 Å². The Hall–Kier alpha value is -0.630. The summed E-state index contributed by atoms with van der Waals surface area (Å²) in [6.45, 7) is 1.76. The number of rotatable bonds is 1. The third-order valence-corrected chi connectivity index (χ3v) is 3.18. The summed E-state index contributed by atoms with van der Waals surface area (Å²) in [6, 6.07) is 5.92. The summed E-state index contributed by atoms with van der Waals surface area (Å²) in [5.74, 6) is 1.12. The molecule has 1 heterocycles. The molecule has 0 N–H and O–H groups in total. The summed E-state index contributed by atoms with van der Waals surface area (Å²) in [5.41, 5.74) is 0.935. The predicted octanol–water partition coefficient (Wildman–Crippen LogP) is 2.61. The van der Waals surface area contributed by atoms with E-state index in [4.69, 9.17) is 0 Å². The van der Waals surface area contributed by atoms with Crippen LogP contribution in [-0.4, -0.2) is 20.4 Å². The van der Waals surface area contributed by atoms with E-state index in [0.29, 0.717) is 11.6 Å². The normalized spacial score (nSPS) is 10.3. The molecular formula is C9H6BrIN4. The number of hydrogen-bond acceptors (Lipinski definition) is 4. The maximum atomic E-state index is 4.00. The molecule has 0 fully saturated rings. The molecule has 4 nitrogen and oxygen atoms in total. The average molecular weight is 377 g/mol. The first-order valence-corrected chi connectivity index (χ1v) is 6.03. The molecule has 2 aromatic rings. The Balaban J connectivity index is 2.53. The molecule has 0 spiro atoms. The van der Waals surface area contributed by atoms with Crippen LogP contribution in [0, 0.1) is 10.5 Å². The van der Waals surface area contributed by atoms with Gasteiger partial charge in [0.15, 0.2) is 5.82 Å². The van der Waals surface area contributed by atoms with E-state index in [1.54, 1.807) is 6.92 Å². The Morgan fingerprint density at radius 3 is 2.47 bits per heavy atom. The highest BCUT2D eigenvalue weighted by atomic mass is 127. The summed E-state index contributed by atoms with van der Waals surface area (Å²) >= 11 is 5.64. The fourth-order valence-electron chi connectivity index (χ4n) is 1.06. The topological polar surface area (TPSA) is 51.6 Å². The first-order chi connectivity index (χ1) is 7.16. The number of halogens is 2. The van der Waals surface area contributed by atoms with E-state index in [0.717, 1.165) is 13.6 Å². The van der Waals surface area contributed by atoms with Crippen LogP contribution in [0.15, 0.2) is 22.7 Å². The van der Waals surface area contributed by atoms with Crippen molar-refractivity contribution >= 4 is 38.5 Å². The SMILES string of the molecule is Cc1nnc(-c2cc(Br)ccc2I)nn1. The van der Waals surface area contributed by atoms with Gasteiger partial charge in [-0.2, -0.15) is 0 Å². The predicted molar refractivity (Wildman–Crippen MR) is 68.2 cm³/mol. The lowest BCUT2D eigenvalue weighted by molar-refractivity contribution is 0.815. The van der Waals surface area contributed by atoms with Crippen LogP contribution in [0.1, 0.15) is 5.82 Å². The second-order valence-electron chi connectivity index (χ2n) is 2.89. The highest BCUT2D eigenvalue weighted by Crippen LogP contribution is 2.24. The molecular weight excluding hydrogens is 371 g/mol. The van der Waals surface area contributed by atoms with Crippen molar-refractivity contribution in [3.63, 3.8) is 0 Å². The Morgan fingerprint density at radius 2 is 1.80 bits per heavy atom. The van der Waals surface area contributed by atoms with Crippen molar-refractivity contribution in [2.75, 3.05) is 0 Å². The highest BCUT2D eigenvalue weighted by molar-refractivity contribution is 14.1. The van der Waals surface area contributed by atoms with E-state index in [1.165, 1.54) is 0 Å². The zero-order chi connectivity index (χ0) is 10.8. The van der Waals surface area contributed by atoms with Crippen molar-refractivity contribution in [2.45, 2.75) is 6.92 Å². The molecule has 0 unspecified atom stereocenters. The molecule has 0 atom stereocenters. The quantitative estimate of drug-likeness (QED) is 0.718. The van der Waals surface area contributed by atoms with E-state index in [2.05, 4.69) is 58.9 Å². The maximum absolute atomic E-state index is 4.00. The van der Waals surface area contributed by atoms with Crippen LogP contribution in [-0.2, 0) is 0 Å². The van der Waals surface area contributed by atoms with Gasteiger partial charge in [-0.25, -0.2) is 0 Å². The van der Waals surface area contributed by atoms with Crippen LogP contribution in [0.2, 0.25) is 0 Å². The summed E-state index contributed by atoms with van der Waals surface area (Å²) in [6.07, 6.45) is 0. The van der Waals surface area contributed by atoms with Gasteiger partial charge >= 0.3 is 0 Å². The summed E-state index contributed by atoms with van der Waals surface area (Å²) in [7, 11) is 0. The third-order valence-electron chi connectivity index (χ3n) is 1.75. The standard InChI is InChI=1S/C9H6BrIN4/c1-5-12-14-9(15-13-5)7-4-6(10)2-3-8(7)11/h2-4H,1H3. The Morgan fingerprint density at radius 1 is 1.13 bits per heavy atom. The van der Waals surface area contributed by atoms with Gasteiger partial charge in [-0.3, -0.25) is 0 Å². The average Bonchev–Trinajstić information content (AvgIpc) is 2.23. The van der Waals surface area contributed by atoms with E-state index < -0.39 is 0 Å². The molecule has 0 saturated heterocycles. The first-order valence-electron chi connectivity index (χ1n) is 4.16. The van der Waals surface area contributed by atoms with Gasteiger partial charge < -0.3 is 0 Å². The Kier molecular flexibility index (Phi) is 3.25. The molecule has 76 valence electrons. The molecule has 0 bridgehead atoms. The van der Waals surface area contributed by atoms with Gasteiger partial charge in [0.2, 0.25) is 5.82 Å². The molecule has 0 aliphatic heterocycles. The van der Waals surface area contributed by atoms with Crippen LogP contribution in [0.4, 0.5) is 0 Å². The van der Waals surface area contributed by atoms with Crippen LogP contribution in [0.3, 0.4) is 0 Å². The molecule has 1 aromatic heterocycles. The van der Waals surface area contributed by atoms with Gasteiger partial charge in [0.25, 0.3) is 0 Å². The van der Waals surface area contributed by atoms with Crippen molar-refractivity contribution in [3.8, 4) is 11.4 Å². The van der Waals surface area contributed by atoms with Gasteiger partial charge in [0.05, 0.1) is 0 Å². The first kappa shape index (κ1) is 10.9. The van der Waals surface area contributed by atoms with Crippen LogP contribution in [0.25, 0.3) is 11.4 Å². The number of nitrogens with zero attached hydrogens (tertiary/aromatic N) is 4. The molecule has 1 aromatic carbocycles. The zero-order valence-electron chi connectivity index (χ0n) is 7.78. The summed E-state index contributed by atoms with van der Waals surface area (Å²) in [5, 5.41) is 15.8. The lowest BCUT2D eigenvalue weighted by Crippen LogP contribution is -1.99. The fraction of sp³-hybridized carbons (Fsp3) is 0.111. The maximum Gasteiger partial charge on any atom is 0.204 e. The van der Waals surface area contributed by atoms with E-state index in [-0.39, 0.29) is 0 Å². The number of hydrogen-bond donors (Lipinski definition) is 0. The van der Waals surface area contributed by atoms with E-state index in [1.807, 2.05) is 18.2 Å². The van der Waals surface area contributed by atoms with Crippen LogP contribution in [0.5, 0.6) is 0 Å². The zero-order valence-corrected chi connectivity index (χ0v) is 11.5. The largest absolute Gasteiger partial charge is 0.204 e. The molecule has 0 aliphatic rings. The van der Waals surface area contributed by atoms with Gasteiger partial charge in [0, 0.05) is 13.6 Å². The van der Waals surface area contributed by atoms with Crippen LogP contribution >= 0.6 is 38.5 Å². The van der Waals surface area contributed by atoms with Gasteiger partial charge in [-0.1, -0.05) is 15.9 Å². The van der Waals surface area contributed by atoms with Crippen molar-refractivity contribution in [1.29, 1.82) is 0 Å². The van der Waals surface area contributed by atoms with Gasteiger partial charge in [-0.15, -0.1) is 20.4 Å². The second kappa shape index (κ2) is 4.48. The molecule has 2 rings (SSSR count). The monoisotopic (exact) mass is 376 g/mol. The lowest BCUT2D eigenvalue weighted by Gasteiger charge is -2.02. The number of aromatic nitrogens is 4. The van der Waals surface area contributed by atoms with Crippen molar-refractivity contribution < 1.29 is 0 Å². The fourth-order valence-corrected chi connectivity index (χ4v) is 1.99. The van der Waals surface area contributed by atoms with Crippen LogP contribution < -0.4 is 0 Å². The second-order valence-corrected chi connectivity index (χ2v) is 4.97. The smallest absolute Gasteiger partial charge is 0.131 e. The van der Waals surface area contributed by atoms with E-state index in [9.17, 15) is 0 Å². The number of benzene rings is 1. The summed E-state index contributed by atoms with van der Waals surface area (Å²) < 4.78 is 2.06. The molecule has 0 radical (unpaired) electrons. The molecule has 0 amide bonds. The minimum Gasteiger partial charge on any atom is -0.131 e. The third kappa shape index (κ3) is 2.49. The highest BCUT2D eigenvalue weighted by Gasteiger charge is 2.07. The van der Waals surface area contributed by atoms with Gasteiger partial charge in [0.1, 0.15) is 0 Å². The lowest BCUT2D eigenvalue weighted by atomic mass is 10.2. The molecule has 6 heteroatoms. The van der Waals surface area contributed by atoms with Crippen molar-refractivity contribution in [1.82, 2.24) is 20.4 Å². The number of aryl methyl sites for hydroxylation is 1. The summed E-state index contributed by atoms with van der Waals surface area (Å²) in [4.78, 5) is 0. The van der Waals surface area contributed by atoms with Crippen molar-refractivity contribution in [3.05, 3.63) is 32.1 Å². The Labute approximate surface area is 109 Å². The van der Waals surface area contributed by atoms with E-state index >= 15 is 0 Å². The Bertz CT molecular complexity index is 486. The molecule has 15 heavy (non-hydrogen) atoms.